The summed E-state index contributed by atoms with van der Waals surface area (Å²) in [5, 5.41) is 12.2. The van der Waals surface area contributed by atoms with Crippen molar-refractivity contribution in [3.05, 3.63) is 0 Å². The Bertz CT molecular complexity index is 300. The van der Waals surface area contributed by atoms with Crippen molar-refractivity contribution >= 4 is 0 Å². The summed E-state index contributed by atoms with van der Waals surface area (Å²) in [5.41, 5.74) is -0.358. The van der Waals surface area contributed by atoms with E-state index in [-0.39, 0.29) is 5.54 Å². The van der Waals surface area contributed by atoms with Crippen LogP contribution in [0.4, 0.5) is 0 Å². The van der Waals surface area contributed by atoms with Gasteiger partial charge in [0.05, 0.1) is 6.07 Å². The highest BCUT2D eigenvalue weighted by Gasteiger charge is 2.26. The third-order valence-electron chi connectivity index (χ3n) is 4.64. The number of unbranched alkanes of at least 4 members (excludes halogenated alkanes) is 1. The second-order valence-corrected chi connectivity index (χ2v) is 6.27. The molecule has 0 amide bonds. The fourth-order valence-electron chi connectivity index (χ4n) is 2.75. The van der Waals surface area contributed by atoms with Gasteiger partial charge in [0.2, 0.25) is 0 Å². The molecule has 1 heterocycles. The van der Waals surface area contributed by atoms with Crippen molar-refractivity contribution in [1.82, 2.24) is 15.1 Å². The summed E-state index contributed by atoms with van der Waals surface area (Å²) >= 11 is 0. The lowest BCUT2D eigenvalue weighted by molar-refractivity contribution is 0.0589. The lowest BCUT2D eigenvalue weighted by Crippen LogP contribution is -2.54. The van der Waals surface area contributed by atoms with Gasteiger partial charge in [-0.25, -0.2) is 0 Å². The van der Waals surface area contributed by atoms with Crippen LogP contribution < -0.4 is 5.32 Å². The predicted octanol–water partition coefficient (Wildman–Crippen LogP) is 1.68. The Labute approximate surface area is 118 Å². The Morgan fingerprint density at radius 2 is 1.84 bits per heavy atom. The second-order valence-electron chi connectivity index (χ2n) is 6.27. The molecule has 1 rings (SSSR count). The molecule has 0 spiro atoms. The van der Waals surface area contributed by atoms with Crippen molar-refractivity contribution in [1.29, 1.82) is 5.26 Å². The van der Waals surface area contributed by atoms with E-state index in [2.05, 4.69) is 42.1 Å². The normalized spacial score (nSPS) is 28.8. The minimum atomic E-state index is -0.358. The van der Waals surface area contributed by atoms with E-state index in [1.54, 1.807) is 0 Å². The van der Waals surface area contributed by atoms with Crippen molar-refractivity contribution in [2.24, 2.45) is 0 Å². The maximum atomic E-state index is 9.10. The first kappa shape index (κ1) is 16.4. The molecule has 3 atom stereocenters. The summed E-state index contributed by atoms with van der Waals surface area (Å²) < 4.78 is 0. The number of hydrogen-bond acceptors (Lipinski definition) is 4. The molecule has 1 aliphatic rings. The zero-order valence-electron chi connectivity index (χ0n) is 13.2. The molecule has 0 aromatic rings. The molecule has 0 bridgehead atoms. The summed E-state index contributed by atoms with van der Waals surface area (Å²) in [5.74, 6) is 0. The number of rotatable bonds is 6. The van der Waals surface area contributed by atoms with E-state index in [0.29, 0.717) is 12.1 Å². The lowest BCUT2D eigenvalue weighted by atomic mass is 9.96. The number of hydrogen-bond donors (Lipinski definition) is 1. The van der Waals surface area contributed by atoms with E-state index in [0.717, 1.165) is 19.4 Å². The van der Waals surface area contributed by atoms with Crippen LogP contribution in [0.5, 0.6) is 0 Å². The van der Waals surface area contributed by atoms with Gasteiger partial charge in [-0.15, -0.1) is 0 Å². The monoisotopic (exact) mass is 266 g/mol. The number of piperazine rings is 1. The highest BCUT2D eigenvalue weighted by Crippen LogP contribution is 2.16. The average molecular weight is 266 g/mol. The summed E-state index contributed by atoms with van der Waals surface area (Å²) in [6, 6.07) is 3.64. The Morgan fingerprint density at radius 1 is 1.26 bits per heavy atom. The molecule has 110 valence electrons. The van der Waals surface area contributed by atoms with E-state index >= 15 is 0 Å². The molecule has 0 saturated carbocycles. The van der Waals surface area contributed by atoms with Crippen molar-refractivity contribution in [2.75, 3.05) is 33.7 Å². The molecular formula is C15H30N4. The van der Waals surface area contributed by atoms with Gasteiger partial charge < -0.3 is 10.2 Å². The van der Waals surface area contributed by atoms with Crippen LogP contribution in [-0.4, -0.2) is 61.2 Å². The molecule has 0 radical (unpaired) electrons. The minimum Gasteiger partial charge on any atom is -0.303 e. The predicted molar refractivity (Wildman–Crippen MR) is 80.1 cm³/mol. The van der Waals surface area contributed by atoms with Crippen LogP contribution in [-0.2, 0) is 0 Å². The van der Waals surface area contributed by atoms with Gasteiger partial charge in [-0.3, -0.25) is 4.90 Å². The quantitative estimate of drug-likeness (QED) is 0.743. The van der Waals surface area contributed by atoms with Gasteiger partial charge in [0.25, 0.3) is 0 Å². The number of nitrogens with zero attached hydrogens (tertiary/aromatic N) is 3. The van der Waals surface area contributed by atoms with Crippen LogP contribution in [0.3, 0.4) is 0 Å². The molecule has 1 N–H and O–H groups in total. The largest absolute Gasteiger partial charge is 0.303 e. The number of nitriles is 1. The third kappa shape index (κ3) is 4.76. The smallest absolute Gasteiger partial charge is 0.103 e. The Hall–Kier alpha value is -0.630. The van der Waals surface area contributed by atoms with Gasteiger partial charge in [-0.1, -0.05) is 0 Å². The fraction of sp³-hybridized carbons (Fsp3) is 0.933. The highest BCUT2D eigenvalue weighted by molar-refractivity contribution is 5.02. The maximum Gasteiger partial charge on any atom is 0.103 e. The first-order valence-electron chi connectivity index (χ1n) is 7.46. The standard InChI is InChI=1S/C15H30N4/c1-13-10-19(11-14(2)18(13)5)9-7-6-8-15(3,12-16)17-4/h13-14,17H,6-11H2,1-5H3. The van der Waals surface area contributed by atoms with Crippen LogP contribution in [0.1, 0.15) is 40.0 Å². The maximum absolute atomic E-state index is 9.10. The molecule has 1 aliphatic heterocycles. The van der Waals surface area contributed by atoms with Gasteiger partial charge in [-0.2, -0.15) is 5.26 Å². The zero-order valence-corrected chi connectivity index (χ0v) is 13.2. The molecule has 0 aliphatic carbocycles. The Kier molecular flexibility index (Phi) is 6.25. The first-order valence-corrected chi connectivity index (χ1v) is 7.46. The molecule has 4 heteroatoms. The van der Waals surface area contributed by atoms with Crippen molar-refractivity contribution in [3.63, 3.8) is 0 Å². The number of likely N-dealkylation sites (N-methyl/N-ethyl adjacent to an activating group) is 1. The molecular weight excluding hydrogens is 236 g/mol. The van der Waals surface area contributed by atoms with Crippen molar-refractivity contribution in [3.8, 4) is 6.07 Å². The summed E-state index contributed by atoms with van der Waals surface area (Å²) in [4.78, 5) is 5.03. The van der Waals surface area contributed by atoms with Crippen molar-refractivity contribution in [2.45, 2.75) is 57.7 Å². The molecule has 4 nitrogen and oxygen atoms in total. The molecule has 3 unspecified atom stereocenters. The molecule has 0 aromatic heterocycles. The summed E-state index contributed by atoms with van der Waals surface area (Å²) in [7, 11) is 4.09. The second kappa shape index (κ2) is 7.23. The van der Waals surface area contributed by atoms with E-state index in [9.17, 15) is 0 Å². The van der Waals surface area contributed by atoms with Crippen LogP contribution >= 0.6 is 0 Å². The van der Waals surface area contributed by atoms with Gasteiger partial charge >= 0.3 is 0 Å². The Morgan fingerprint density at radius 3 is 2.32 bits per heavy atom. The molecule has 19 heavy (non-hydrogen) atoms. The fourth-order valence-corrected chi connectivity index (χ4v) is 2.75. The number of nitrogens with one attached hydrogen (secondary N) is 1. The average Bonchev–Trinajstić information content (AvgIpc) is 2.40. The summed E-state index contributed by atoms with van der Waals surface area (Å²) in [6.45, 7) is 10.1. The van der Waals surface area contributed by atoms with Gasteiger partial charge in [0.15, 0.2) is 0 Å². The van der Waals surface area contributed by atoms with E-state index in [1.165, 1.54) is 19.5 Å². The third-order valence-corrected chi connectivity index (χ3v) is 4.64. The van der Waals surface area contributed by atoms with Gasteiger partial charge in [0.1, 0.15) is 5.54 Å². The highest BCUT2D eigenvalue weighted by atomic mass is 15.3. The van der Waals surface area contributed by atoms with Gasteiger partial charge in [-0.05, 0) is 60.7 Å². The van der Waals surface area contributed by atoms with E-state index in [1.807, 2.05) is 14.0 Å². The summed E-state index contributed by atoms with van der Waals surface area (Å²) in [6.07, 6.45) is 3.22. The van der Waals surface area contributed by atoms with Crippen LogP contribution in [0.2, 0.25) is 0 Å². The van der Waals surface area contributed by atoms with Crippen LogP contribution in [0, 0.1) is 11.3 Å². The lowest BCUT2D eigenvalue weighted by Gasteiger charge is -2.42. The SMILES string of the molecule is CNC(C)(C#N)CCCCN1CC(C)N(C)C(C)C1. The van der Waals surface area contributed by atoms with E-state index in [4.69, 9.17) is 5.26 Å². The topological polar surface area (TPSA) is 42.3 Å². The molecule has 1 fully saturated rings. The van der Waals surface area contributed by atoms with E-state index < -0.39 is 0 Å². The minimum absolute atomic E-state index is 0.358. The molecule has 0 aromatic carbocycles. The van der Waals surface area contributed by atoms with Crippen LogP contribution in [0.15, 0.2) is 0 Å². The van der Waals surface area contributed by atoms with Crippen molar-refractivity contribution < 1.29 is 0 Å². The Balaban J connectivity index is 2.25. The zero-order chi connectivity index (χ0) is 14.5. The van der Waals surface area contributed by atoms with Crippen LogP contribution in [0.25, 0.3) is 0 Å². The first-order chi connectivity index (χ1) is 8.91. The van der Waals surface area contributed by atoms with Gasteiger partial charge in [0, 0.05) is 25.2 Å². The molecule has 1 saturated heterocycles.